The summed E-state index contributed by atoms with van der Waals surface area (Å²) >= 11 is 0. The fourth-order valence-corrected chi connectivity index (χ4v) is 3.41. The zero-order chi connectivity index (χ0) is 16.9. The van der Waals surface area contributed by atoms with Crippen LogP contribution in [0, 0.1) is 5.92 Å². The largest absolute Gasteiger partial charge is 0.357 e. The standard InChI is InChI=1S/C17H25N5O2/c18-17(24)22-9-3-4-14(12-22)16(23)20-11-13-5-6-19-15(10-13)21-7-1-2-8-21/h5-6,10,14H,1-4,7-9,11-12H2,(H2,18,24)(H,20,23). The molecule has 130 valence electrons. The van der Waals surface area contributed by atoms with Crippen molar-refractivity contribution < 1.29 is 9.59 Å². The third kappa shape index (κ3) is 3.96. The molecular weight excluding hydrogens is 306 g/mol. The molecule has 3 heterocycles. The van der Waals surface area contributed by atoms with E-state index in [0.717, 1.165) is 37.3 Å². The molecule has 3 amide bonds. The predicted molar refractivity (Wildman–Crippen MR) is 91.4 cm³/mol. The van der Waals surface area contributed by atoms with Crippen LogP contribution in [0.25, 0.3) is 0 Å². The van der Waals surface area contributed by atoms with E-state index in [4.69, 9.17) is 5.73 Å². The van der Waals surface area contributed by atoms with Crippen molar-refractivity contribution in [3.05, 3.63) is 23.9 Å². The molecular formula is C17H25N5O2. The first kappa shape index (κ1) is 16.5. The molecule has 3 N–H and O–H groups in total. The summed E-state index contributed by atoms with van der Waals surface area (Å²) in [5.41, 5.74) is 6.36. The van der Waals surface area contributed by atoms with Crippen molar-refractivity contribution in [3.63, 3.8) is 0 Å². The molecule has 0 aliphatic carbocycles. The molecule has 2 aliphatic rings. The van der Waals surface area contributed by atoms with Gasteiger partial charge in [-0.3, -0.25) is 4.79 Å². The lowest BCUT2D eigenvalue weighted by Crippen LogP contribution is -2.47. The minimum absolute atomic E-state index is 0.0134. The van der Waals surface area contributed by atoms with E-state index in [2.05, 4.69) is 15.2 Å². The molecule has 0 aromatic carbocycles. The zero-order valence-corrected chi connectivity index (χ0v) is 13.9. The van der Waals surface area contributed by atoms with E-state index in [1.54, 1.807) is 11.1 Å². The van der Waals surface area contributed by atoms with Gasteiger partial charge in [0.2, 0.25) is 5.91 Å². The Labute approximate surface area is 142 Å². The number of nitrogens with one attached hydrogen (secondary N) is 1. The highest BCUT2D eigenvalue weighted by Gasteiger charge is 2.27. The first-order valence-electron chi connectivity index (χ1n) is 8.65. The van der Waals surface area contributed by atoms with Gasteiger partial charge in [-0.05, 0) is 43.4 Å². The number of pyridine rings is 1. The molecule has 1 unspecified atom stereocenters. The van der Waals surface area contributed by atoms with E-state index in [9.17, 15) is 9.59 Å². The van der Waals surface area contributed by atoms with Crippen LogP contribution in [-0.4, -0.2) is 48.0 Å². The number of aromatic nitrogens is 1. The maximum Gasteiger partial charge on any atom is 0.314 e. The normalized spacial score (nSPS) is 20.9. The van der Waals surface area contributed by atoms with Gasteiger partial charge in [-0.1, -0.05) is 0 Å². The summed E-state index contributed by atoms with van der Waals surface area (Å²) in [6.45, 7) is 3.64. The van der Waals surface area contributed by atoms with Gasteiger partial charge < -0.3 is 20.9 Å². The van der Waals surface area contributed by atoms with Gasteiger partial charge in [0.25, 0.3) is 0 Å². The van der Waals surface area contributed by atoms with Crippen LogP contribution in [0.3, 0.4) is 0 Å². The molecule has 1 atom stereocenters. The number of primary amides is 1. The average Bonchev–Trinajstić information content (AvgIpc) is 3.15. The molecule has 1 aromatic rings. The Bertz CT molecular complexity index is 600. The maximum absolute atomic E-state index is 12.4. The van der Waals surface area contributed by atoms with Crippen LogP contribution in [0.2, 0.25) is 0 Å². The first-order chi connectivity index (χ1) is 11.6. The van der Waals surface area contributed by atoms with Crippen molar-refractivity contribution in [3.8, 4) is 0 Å². The zero-order valence-electron chi connectivity index (χ0n) is 13.9. The number of carbonyl (C=O) groups excluding carboxylic acids is 2. The molecule has 0 saturated carbocycles. The number of hydrogen-bond donors (Lipinski definition) is 2. The number of nitrogens with two attached hydrogens (primary N) is 1. The van der Waals surface area contributed by atoms with Crippen molar-refractivity contribution in [1.82, 2.24) is 15.2 Å². The van der Waals surface area contributed by atoms with Crippen LogP contribution < -0.4 is 16.0 Å². The predicted octanol–water partition coefficient (Wildman–Crippen LogP) is 1.09. The van der Waals surface area contributed by atoms with Gasteiger partial charge in [0.15, 0.2) is 0 Å². The molecule has 2 aliphatic heterocycles. The Morgan fingerprint density at radius 2 is 2.04 bits per heavy atom. The van der Waals surface area contributed by atoms with Crippen molar-refractivity contribution >= 4 is 17.8 Å². The van der Waals surface area contributed by atoms with Crippen LogP contribution >= 0.6 is 0 Å². The van der Waals surface area contributed by atoms with E-state index in [-0.39, 0.29) is 11.8 Å². The summed E-state index contributed by atoms with van der Waals surface area (Å²) in [6, 6.07) is 3.52. The van der Waals surface area contributed by atoms with Gasteiger partial charge in [-0.15, -0.1) is 0 Å². The molecule has 1 aromatic heterocycles. The summed E-state index contributed by atoms with van der Waals surface area (Å²) in [5, 5.41) is 2.98. The molecule has 3 rings (SSSR count). The second kappa shape index (κ2) is 7.51. The van der Waals surface area contributed by atoms with E-state index < -0.39 is 6.03 Å². The minimum atomic E-state index is -0.447. The van der Waals surface area contributed by atoms with Gasteiger partial charge in [-0.2, -0.15) is 0 Å². The number of rotatable bonds is 4. The number of carbonyl (C=O) groups is 2. The molecule has 0 radical (unpaired) electrons. The highest BCUT2D eigenvalue weighted by Crippen LogP contribution is 2.19. The lowest BCUT2D eigenvalue weighted by atomic mass is 9.97. The lowest BCUT2D eigenvalue weighted by Gasteiger charge is -2.30. The second-order valence-corrected chi connectivity index (χ2v) is 6.56. The first-order valence-corrected chi connectivity index (χ1v) is 8.65. The molecule has 0 bridgehead atoms. The SMILES string of the molecule is NC(=O)N1CCCC(C(=O)NCc2ccnc(N3CCCC3)c2)C1. The van der Waals surface area contributed by atoms with E-state index in [1.165, 1.54) is 12.8 Å². The molecule has 24 heavy (non-hydrogen) atoms. The fraction of sp³-hybridized carbons (Fsp3) is 0.588. The van der Waals surface area contributed by atoms with E-state index >= 15 is 0 Å². The summed E-state index contributed by atoms with van der Waals surface area (Å²) in [7, 11) is 0. The van der Waals surface area contributed by atoms with Crippen molar-refractivity contribution in [1.29, 1.82) is 0 Å². The Morgan fingerprint density at radius 3 is 2.79 bits per heavy atom. The molecule has 7 heteroatoms. The van der Waals surface area contributed by atoms with Gasteiger partial charge in [0.1, 0.15) is 5.82 Å². The van der Waals surface area contributed by atoms with Crippen LogP contribution in [-0.2, 0) is 11.3 Å². The highest BCUT2D eigenvalue weighted by atomic mass is 16.2. The summed E-state index contributed by atoms with van der Waals surface area (Å²) in [4.78, 5) is 31.9. The fourth-order valence-electron chi connectivity index (χ4n) is 3.41. The number of nitrogens with zero attached hydrogens (tertiary/aromatic N) is 3. The van der Waals surface area contributed by atoms with Crippen LogP contribution in [0.1, 0.15) is 31.2 Å². The van der Waals surface area contributed by atoms with Gasteiger partial charge >= 0.3 is 6.03 Å². The Kier molecular flexibility index (Phi) is 5.17. The molecule has 2 fully saturated rings. The van der Waals surface area contributed by atoms with Gasteiger partial charge in [-0.25, -0.2) is 9.78 Å². The monoisotopic (exact) mass is 331 g/mol. The van der Waals surface area contributed by atoms with E-state index in [1.807, 2.05) is 12.1 Å². The smallest absolute Gasteiger partial charge is 0.314 e. The minimum Gasteiger partial charge on any atom is -0.357 e. The maximum atomic E-state index is 12.4. The topological polar surface area (TPSA) is 91.6 Å². The lowest BCUT2D eigenvalue weighted by molar-refractivity contribution is -0.126. The Morgan fingerprint density at radius 1 is 1.25 bits per heavy atom. The third-order valence-electron chi connectivity index (χ3n) is 4.81. The van der Waals surface area contributed by atoms with E-state index in [0.29, 0.717) is 19.6 Å². The summed E-state index contributed by atoms with van der Waals surface area (Å²) in [5.74, 6) is 0.795. The Balaban J connectivity index is 1.54. The number of urea groups is 1. The van der Waals surface area contributed by atoms with Crippen molar-refractivity contribution in [2.45, 2.75) is 32.2 Å². The van der Waals surface area contributed by atoms with Crippen molar-refractivity contribution in [2.75, 3.05) is 31.1 Å². The molecule has 7 nitrogen and oxygen atoms in total. The van der Waals surface area contributed by atoms with Gasteiger partial charge in [0, 0.05) is 38.9 Å². The van der Waals surface area contributed by atoms with Crippen LogP contribution in [0.15, 0.2) is 18.3 Å². The highest BCUT2D eigenvalue weighted by molar-refractivity contribution is 5.80. The number of anilines is 1. The summed E-state index contributed by atoms with van der Waals surface area (Å²) in [6.07, 6.45) is 5.83. The molecule has 0 spiro atoms. The quantitative estimate of drug-likeness (QED) is 0.864. The molecule has 2 saturated heterocycles. The van der Waals surface area contributed by atoms with Gasteiger partial charge in [0.05, 0.1) is 5.92 Å². The number of amides is 3. The number of piperidine rings is 1. The van der Waals surface area contributed by atoms with Crippen LogP contribution in [0.4, 0.5) is 10.6 Å². The van der Waals surface area contributed by atoms with Crippen molar-refractivity contribution in [2.24, 2.45) is 11.7 Å². The summed E-state index contributed by atoms with van der Waals surface area (Å²) < 4.78 is 0. The number of likely N-dealkylation sites (tertiary alicyclic amines) is 1. The number of hydrogen-bond acceptors (Lipinski definition) is 4. The average molecular weight is 331 g/mol. The third-order valence-corrected chi connectivity index (χ3v) is 4.81. The van der Waals surface area contributed by atoms with Crippen LogP contribution in [0.5, 0.6) is 0 Å². The Hall–Kier alpha value is -2.31. The second-order valence-electron chi connectivity index (χ2n) is 6.56.